The molecule has 1 amide bonds. The van der Waals surface area contributed by atoms with Crippen LogP contribution < -0.4 is 10.1 Å². The molecule has 0 saturated carbocycles. The molecule has 0 bridgehead atoms. The van der Waals surface area contributed by atoms with Crippen LogP contribution in [0.2, 0.25) is 0 Å². The third-order valence-corrected chi connectivity index (χ3v) is 3.28. The van der Waals surface area contributed by atoms with E-state index in [2.05, 4.69) is 15.4 Å². The van der Waals surface area contributed by atoms with Gasteiger partial charge in [-0.2, -0.15) is 5.10 Å². The first-order valence-electron chi connectivity index (χ1n) is 7.06. The summed E-state index contributed by atoms with van der Waals surface area (Å²) < 4.78 is 7.73. The Morgan fingerprint density at radius 2 is 2.19 bits per heavy atom. The Bertz CT molecular complexity index is 613. The highest BCUT2D eigenvalue weighted by molar-refractivity contribution is 5.92. The maximum absolute atomic E-state index is 11.9. The van der Waals surface area contributed by atoms with Gasteiger partial charge in [0.25, 0.3) is 5.91 Å². The first-order valence-corrected chi connectivity index (χ1v) is 7.06. The molecule has 21 heavy (non-hydrogen) atoms. The summed E-state index contributed by atoms with van der Waals surface area (Å²) in [5.41, 5.74) is 1.50. The van der Waals surface area contributed by atoms with Gasteiger partial charge in [0.1, 0.15) is 17.5 Å². The first kappa shape index (κ1) is 13.6. The topological polar surface area (TPSA) is 69.0 Å². The summed E-state index contributed by atoms with van der Waals surface area (Å²) in [4.78, 5) is 15.9. The summed E-state index contributed by atoms with van der Waals surface area (Å²) in [5, 5.41) is 7.19. The van der Waals surface area contributed by atoms with Gasteiger partial charge in [-0.25, -0.2) is 0 Å². The molecule has 2 aromatic rings. The molecule has 0 fully saturated rings. The molecular formula is C15H18N4O2. The van der Waals surface area contributed by atoms with E-state index >= 15 is 0 Å². The molecule has 0 aromatic carbocycles. The maximum Gasteiger partial charge on any atom is 0.271 e. The van der Waals surface area contributed by atoms with Crippen molar-refractivity contribution >= 4 is 5.91 Å². The number of hydrogen-bond donors (Lipinski definition) is 1. The summed E-state index contributed by atoms with van der Waals surface area (Å²) in [5.74, 6) is 0.678. The maximum atomic E-state index is 11.9. The Labute approximate surface area is 123 Å². The van der Waals surface area contributed by atoms with Gasteiger partial charge in [-0.1, -0.05) is 0 Å². The van der Waals surface area contributed by atoms with Gasteiger partial charge in [0, 0.05) is 30.6 Å². The van der Waals surface area contributed by atoms with Crippen LogP contribution >= 0.6 is 0 Å². The van der Waals surface area contributed by atoms with Crippen LogP contribution in [0.5, 0.6) is 5.75 Å². The van der Waals surface area contributed by atoms with E-state index < -0.39 is 0 Å². The number of amides is 1. The first-order chi connectivity index (χ1) is 10.1. The predicted molar refractivity (Wildman–Crippen MR) is 77.2 cm³/mol. The minimum Gasteiger partial charge on any atom is -0.488 e. The average molecular weight is 286 g/mol. The van der Waals surface area contributed by atoms with Gasteiger partial charge in [0.05, 0.1) is 6.54 Å². The quantitative estimate of drug-likeness (QED) is 0.923. The van der Waals surface area contributed by atoms with Crippen molar-refractivity contribution in [3.63, 3.8) is 0 Å². The molecule has 6 nitrogen and oxygen atoms in total. The fourth-order valence-electron chi connectivity index (χ4n) is 2.40. The third-order valence-electron chi connectivity index (χ3n) is 3.28. The Morgan fingerprint density at radius 1 is 1.43 bits per heavy atom. The van der Waals surface area contributed by atoms with Gasteiger partial charge < -0.3 is 10.1 Å². The van der Waals surface area contributed by atoms with Gasteiger partial charge in [0.2, 0.25) is 0 Å². The molecule has 3 heterocycles. The van der Waals surface area contributed by atoms with E-state index in [0.29, 0.717) is 12.2 Å². The molecule has 2 aromatic heterocycles. The Balaban J connectivity index is 1.64. The molecule has 3 rings (SSSR count). The molecule has 1 N–H and O–H groups in total. The number of hydrogen-bond acceptors (Lipinski definition) is 4. The van der Waals surface area contributed by atoms with Crippen molar-refractivity contribution in [3.8, 4) is 5.75 Å². The fourth-order valence-corrected chi connectivity index (χ4v) is 2.40. The number of carbonyl (C=O) groups excluding carboxylic acids is 1. The highest BCUT2D eigenvalue weighted by Crippen LogP contribution is 2.21. The van der Waals surface area contributed by atoms with Crippen molar-refractivity contribution in [1.82, 2.24) is 20.1 Å². The fraction of sp³-hybridized carbons (Fsp3) is 0.400. The largest absolute Gasteiger partial charge is 0.488 e. The highest BCUT2D eigenvalue weighted by Gasteiger charge is 2.26. The zero-order chi connectivity index (χ0) is 14.8. The second-order valence-electron chi connectivity index (χ2n) is 5.46. The van der Waals surface area contributed by atoms with Crippen LogP contribution in [0, 0.1) is 0 Å². The smallest absolute Gasteiger partial charge is 0.271 e. The van der Waals surface area contributed by atoms with Crippen LogP contribution in [0.3, 0.4) is 0 Å². The Kier molecular flexibility index (Phi) is 3.60. The molecule has 1 aliphatic rings. The minimum atomic E-state index is -0.126. The number of rotatable bonds is 4. The molecule has 110 valence electrons. The highest BCUT2D eigenvalue weighted by atomic mass is 16.5. The van der Waals surface area contributed by atoms with Crippen LogP contribution in [0.4, 0.5) is 0 Å². The number of ether oxygens (including phenoxy) is 1. The van der Waals surface area contributed by atoms with E-state index in [1.54, 1.807) is 12.4 Å². The van der Waals surface area contributed by atoms with E-state index in [4.69, 9.17) is 4.74 Å². The summed E-state index contributed by atoms with van der Waals surface area (Å²) in [7, 11) is 0. The SMILES string of the molecule is CC(C)NC(=O)c1cc2n(n1)CC(Oc1ccncc1)C2. The van der Waals surface area contributed by atoms with Crippen LogP contribution in [0.15, 0.2) is 30.6 Å². The summed E-state index contributed by atoms with van der Waals surface area (Å²) in [6.07, 6.45) is 4.22. The van der Waals surface area contributed by atoms with Gasteiger partial charge in [-0.05, 0) is 32.0 Å². The van der Waals surface area contributed by atoms with Crippen molar-refractivity contribution < 1.29 is 9.53 Å². The van der Waals surface area contributed by atoms with Crippen LogP contribution in [-0.4, -0.2) is 32.8 Å². The van der Waals surface area contributed by atoms with Crippen molar-refractivity contribution in [2.75, 3.05) is 0 Å². The lowest BCUT2D eigenvalue weighted by atomic mass is 10.2. The predicted octanol–water partition coefficient (Wildman–Crippen LogP) is 1.42. The molecule has 0 saturated heterocycles. The monoisotopic (exact) mass is 286 g/mol. The van der Waals surface area contributed by atoms with Crippen molar-refractivity contribution in [3.05, 3.63) is 42.0 Å². The number of nitrogens with zero attached hydrogens (tertiary/aromatic N) is 3. The van der Waals surface area contributed by atoms with E-state index in [1.807, 2.05) is 36.7 Å². The van der Waals surface area contributed by atoms with Crippen molar-refractivity contribution in [2.24, 2.45) is 0 Å². The van der Waals surface area contributed by atoms with Crippen molar-refractivity contribution in [2.45, 2.75) is 39.0 Å². The molecule has 0 radical (unpaired) electrons. The molecule has 1 aliphatic heterocycles. The lowest BCUT2D eigenvalue weighted by molar-refractivity contribution is 0.0936. The standard InChI is InChI=1S/C15H18N4O2/c1-10(2)17-15(20)14-8-11-7-13(9-19(11)18-14)21-12-3-5-16-6-4-12/h3-6,8,10,13H,7,9H2,1-2H3,(H,17,20). The second-order valence-corrected chi connectivity index (χ2v) is 5.46. The molecule has 0 aliphatic carbocycles. The number of carbonyl (C=O) groups is 1. The van der Waals surface area contributed by atoms with E-state index in [9.17, 15) is 4.79 Å². The van der Waals surface area contributed by atoms with Gasteiger partial charge in [-0.15, -0.1) is 0 Å². The molecule has 6 heteroatoms. The van der Waals surface area contributed by atoms with E-state index in [0.717, 1.165) is 17.9 Å². The summed E-state index contributed by atoms with van der Waals surface area (Å²) >= 11 is 0. The van der Waals surface area contributed by atoms with E-state index in [1.165, 1.54) is 0 Å². The number of pyridine rings is 1. The number of aromatic nitrogens is 3. The lowest BCUT2D eigenvalue weighted by Crippen LogP contribution is -2.30. The van der Waals surface area contributed by atoms with Gasteiger partial charge in [-0.3, -0.25) is 14.5 Å². The third kappa shape index (κ3) is 3.04. The van der Waals surface area contributed by atoms with Gasteiger partial charge >= 0.3 is 0 Å². The second kappa shape index (κ2) is 5.55. The molecule has 1 atom stereocenters. The van der Waals surface area contributed by atoms with Crippen LogP contribution in [0.1, 0.15) is 30.0 Å². The molecular weight excluding hydrogens is 268 g/mol. The van der Waals surface area contributed by atoms with Crippen LogP contribution in [-0.2, 0) is 13.0 Å². The molecule has 1 unspecified atom stereocenters. The molecule has 0 spiro atoms. The minimum absolute atomic E-state index is 0.0529. The number of fused-ring (bicyclic) bond motifs is 1. The van der Waals surface area contributed by atoms with Crippen LogP contribution in [0.25, 0.3) is 0 Å². The lowest BCUT2D eigenvalue weighted by Gasteiger charge is -2.12. The van der Waals surface area contributed by atoms with Crippen molar-refractivity contribution in [1.29, 1.82) is 0 Å². The Morgan fingerprint density at radius 3 is 2.86 bits per heavy atom. The summed E-state index contributed by atoms with van der Waals surface area (Å²) in [6.45, 7) is 4.52. The average Bonchev–Trinajstić information content (AvgIpc) is 2.97. The summed E-state index contributed by atoms with van der Waals surface area (Å²) in [6, 6.07) is 5.62. The zero-order valence-electron chi connectivity index (χ0n) is 12.1. The van der Waals surface area contributed by atoms with Gasteiger partial charge in [0.15, 0.2) is 0 Å². The normalized spacial score (nSPS) is 16.8. The Hall–Kier alpha value is -2.37. The van der Waals surface area contributed by atoms with E-state index in [-0.39, 0.29) is 18.1 Å². The number of nitrogens with one attached hydrogen (secondary N) is 1. The zero-order valence-corrected chi connectivity index (χ0v) is 12.1.